The monoisotopic (exact) mass is 567 g/mol. The number of fused-ring (bicyclic) bond motifs is 2. The van der Waals surface area contributed by atoms with Gasteiger partial charge in [-0.2, -0.15) is 4.99 Å². The first-order valence-electron chi connectivity index (χ1n) is 12.5. The molecule has 204 valence electrons. The molecule has 0 saturated carbocycles. The van der Waals surface area contributed by atoms with Gasteiger partial charge in [-0.05, 0) is 49.2 Å². The van der Waals surface area contributed by atoms with Gasteiger partial charge in [0.05, 0.1) is 41.6 Å². The van der Waals surface area contributed by atoms with Gasteiger partial charge in [0.1, 0.15) is 0 Å². The number of nitrogens with zero attached hydrogens (tertiary/aromatic N) is 3. The molecule has 0 atom stereocenters. The molecule has 0 unspecified atom stereocenters. The van der Waals surface area contributed by atoms with E-state index in [0.29, 0.717) is 60.3 Å². The van der Waals surface area contributed by atoms with Crippen LogP contribution in [0.4, 0.5) is 5.69 Å². The molecule has 4 aromatic rings. The minimum Gasteiger partial charge on any atom is -0.493 e. The van der Waals surface area contributed by atoms with Gasteiger partial charge in [-0.15, -0.1) is 0 Å². The summed E-state index contributed by atoms with van der Waals surface area (Å²) < 4.78 is 47.3. The van der Waals surface area contributed by atoms with Crippen molar-refractivity contribution in [1.82, 2.24) is 4.57 Å². The van der Waals surface area contributed by atoms with Crippen LogP contribution in [0.15, 0.2) is 70.6 Å². The average molecular weight is 568 g/mol. The lowest BCUT2D eigenvalue weighted by Crippen LogP contribution is -2.29. The van der Waals surface area contributed by atoms with Crippen molar-refractivity contribution in [3.8, 4) is 11.5 Å². The van der Waals surface area contributed by atoms with Crippen LogP contribution in [0, 0.1) is 0 Å². The Labute approximate surface area is 230 Å². The highest BCUT2D eigenvalue weighted by atomic mass is 32.2. The Kier molecular flexibility index (Phi) is 7.74. The van der Waals surface area contributed by atoms with Gasteiger partial charge in [-0.3, -0.25) is 9.10 Å². The van der Waals surface area contributed by atoms with Crippen molar-refractivity contribution in [3.63, 3.8) is 0 Å². The molecular formula is C28H29N3O6S2. The number of thiazole rings is 1. The number of hydrogen-bond acceptors (Lipinski definition) is 7. The summed E-state index contributed by atoms with van der Waals surface area (Å²) in [6, 6.07) is 17.1. The minimum absolute atomic E-state index is 0.128. The molecule has 1 aliphatic rings. The Bertz CT molecular complexity index is 1690. The molecule has 9 nitrogen and oxygen atoms in total. The standard InChI is InChI=1S/C28H29N3O6S2/c1-4-37-16-15-30-23-17-24(35-2)25(36-3)18-26(23)38-28(30)29-27(32)20-9-11-21(12-10-20)39(33,34)31-14-13-19-7-5-6-8-22(19)31/h5-12,17-18H,4,13-16H2,1-3H3. The molecule has 3 aromatic carbocycles. The Hall–Kier alpha value is -3.67. The summed E-state index contributed by atoms with van der Waals surface area (Å²) in [6.07, 6.45) is 0.668. The quantitative estimate of drug-likeness (QED) is 0.281. The molecule has 0 fully saturated rings. The number of aromatic nitrogens is 1. The lowest BCUT2D eigenvalue weighted by atomic mass is 10.2. The molecule has 1 aromatic heterocycles. The van der Waals surface area contributed by atoms with E-state index in [4.69, 9.17) is 14.2 Å². The van der Waals surface area contributed by atoms with Crippen molar-refractivity contribution in [1.29, 1.82) is 0 Å². The molecule has 0 N–H and O–H groups in total. The predicted octanol–water partition coefficient (Wildman–Crippen LogP) is 4.25. The maximum absolute atomic E-state index is 13.3. The van der Waals surface area contributed by atoms with E-state index in [2.05, 4.69) is 4.99 Å². The average Bonchev–Trinajstić information content (AvgIpc) is 3.54. The minimum atomic E-state index is -3.75. The third-order valence-corrected chi connectivity index (χ3v) is 9.45. The Morgan fingerprint density at radius 1 is 1.03 bits per heavy atom. The highest BCUT2D eigenvalue weighted by Gasteiger charge is 2.30. The second kappa shape index (κ2) is 11.2. The zero-order valence-corrected chi connectivity index (χ0v) is 23.5. The van der Waals surface area contributed by atoms with Crippen molar-refractivity contribution in [3.05, 3.63) is 76.6 Å². The van der Waals surface area contributed by atoms with Gasteiger partial charge in [0, 0.05) is 37.4 Å². The van der Waals surface area contributed by atoms with Crippen LogP contribution in [0.2, 0.25) is 0 Å². The van der Waals surface area contributed by atoms with Crippen LogP contribution in [-0.4, -0.2) is 52.9 Å². The first kappa shape index (κ1) is 26.9. The second-order valence-corrected chi connectivity index (χ2v) is 11.7. The Balaban J connectivity index is 1.47. The third-order valence-electron chi connectivity index (χ3n) is 6.58. The summed E-state index contributed by atoms with van der Waals surface area (Å²) in [4.78, 5) is 18.2. The van der Waals surface area contributed by atoms with Crippen molar-refractivity contribution >= 4 is 43.2 Å². The maximum Gasteiger partial charge on any atom is 0.279 e. The largest absolute Gasteiger partial charge is 0.493 e. The number of anilines is 1. The number of methoxy groups -OCH3 is 2. The van der Waals surface area contributed by atoms with Gasteiger partial charge >= 0.3 is 0 Å². The summed E-state index contributed by atoms with van der Waals surface area (Å²) in [5, 5.41) is 0. The van der Waals surface area contributed by atoms with E-state index in [1.165, 1.54) is 39.9 Å². The summed E-state index contributed by atoms with van der Waals surface area (Å²) in [7, 11) is -0.610. The molecular weight excluding hydrogens is 538 g/mol. The Morgan fingerprint density at radius 3 is 2.46 bits per heavy atom. The van der Waals surface area contributed by atoms with Crippen LogP contribution in [0.25, 0.3) is 10.2 Å². The van der Waals surface area contributed by atoms with Crippen molar-refractivity contribution in [2.75, 3.05) is 38.3 Å². The van der Waals surface area contributed by atoms with Gasteiger partial charge in [-0.25, -0.2) is 8.42 Å². The number of para-hydroxylation sites is 1. The van der Waals surface area contributed by atoms with E-state index >= 15 is 0 Å². The zero-order valence-electron chi connectivity index (χ0n) is 21.9. The molecule has 11 heteroatoms. The van der Waals surface area contributed by atoms with Gasteiger partial charge in [-0.1, -0.05) is 29.5 Å². The fraction of sp³-hybridized carbons (Fsp3) is 0.286. The molecule has 0 aliphatic carbocycles. The van der Waals surface area contributed by atoms with Crippen LogP contribution in [-0.2, 0) is 27.7 Å². The summed E-state index contributed by atoms with van der Waals surface area (Å²) in [6.45, 7) is 3.82. The van der Waals surface area contributed by atoms with Crippen molar-refractivity contribution in [2.45, 2.75) is 24.8 Å². The predicted molar refractivity (Wildman–Crippen MR) is 150 cm³/mol. The molecule has 0 saturated heterocycles. The zero-order chi connectivity index (χ0) is 27.6. The topological polar surface area (TPSA) is 99.4 Å². The SMILES string of the molecule is CCOCCn1c(=NC(=O)c2ccc(S(=O)(=O)N3CCc4ccccc43)cc2)sc2cc(OC)c(OC)cc21. The number of sulfonamides is 1. The Morgan fingerprint density at radius 2 is 1.74 bits per heavy atom. The highest BCUT2D eigenvalue weighted by molar-refractivity contribution is 7.92. The molecule has 0 radical (unpaired) electrons. The van der Waals surface area contributed by atoms with Crippen molar-refractivity contribution < 1.29 is 27.4 Å². The molecule has 2 heterocycles. The van der Waals surface area contributed by atoms with Crippen LogP contribution in [0.3, 0.4) is 0 Å². The van der Waals surface area contributed by atoms with Crippen LogP contribution in [0.5, 0.6) is 11.5 Å². The van der Waals surface area contributed by atoms with E-state index in [-0.39, 0.29) is 4.90 Å². The lowest BCUT2D eigenvalue weighted by Gasteiger charge is -2.19. The lowest BCUT2D eigenvalue weighted by molar-refractivity contribution is 0.0996. The van der Waals surface area contributed by atoms with Gasteiger partial charge in [0.2, 0.25) is 0 Å². The third kappa shape index (κ3) is 5.17. The summed E-state index contributed by atoms with van der Waals surface area (Å²) in [5.74, 6) is 0.683. The summed E-state index contributed by atoms with van der Waals surface area (Å²) in [5.41, 5.74) is 2.83. The van der Waals surface area contributed by atoms with Gasteiger partial charge < -0.3 is 18.8 Å². The first-order valence-corrected chi connectivity index (χ1v) is 14.8. The number of ether oxygens (including phenoxy) is 3. The van der Waals surface area contributed by atoms with E-state index < -0.39 is 15.9 Å². The van der Waals surface area contributed by atoms with Crippen molar-refractivity contribution in [2.24, 2.45) is 4.99 Å². The molecule has 1 amide bonds. The number of benzene rings is 3. The highest BCUT2D eigenvalue weighted by Crippen LogP contribution is 2.34. The summed E-state index contributed by atoms with van der Waals surface area (Å²) >= 11 is 1.35. The maximum atomic E-state index is 13.3. The van der Waals surface area contributed by atoms with E-state index in [9.17, 15) is 13.2 Å². The fourth-order valence-corrected chi connectivity index (χ4v) is 7.17. The molecule has 1 aliphatic heterocycles. The van der Waals surface area contributed by atoms with Crippen LogP contribution in [0.1, 0.15) is 22.8 Å². The van der Waals surface area contributed by atoms with Crippen LogP contribution < -0.4 is 18.6 Å². The molecule has 0 bridgehead atoms. The molecule has 5 rings (SSSR count). The molecule has 0 spiro atoms. The number of hydrogen-bond donors (Lipinski definition) is 0. The smallest absolute Gasteiger partial charge is 0.279 e. The second-order valence-electron chi connectivity index (χ2n) is 8.81. The number of carbonyl (C=O) groups excluding carboxylic acids is 1. The number of rotatable bonds is 9. The van der Waals surface area contributed by atoms with Gasteiger partial charge in [0.15, 0.2) is 16.3 Å². The molecule has 39 heavy (non-hydrogen) atoms. The van der Waals surface area contributed by atoms with E-state index in [1.54, 1.807) is 14.2 Å². The normalized spacial score (nSPS) is 13.6. The fourth-order valence-electron chi connectivity index (χ4n) is 4.60. The van der Waals surface area contributed by atoms with E-state index in [0.717, 1.165) is 15.8 Å². The van der Waals surface area contributed by atoms with Crippen LogP contribution >= 0.6 is 11.3 Å². The number of amides is 1. The first-order chi connectivity index (χ1) is 18.9. The van der Waals surface area contributed by atoms with Gasteiger partial charge in [0.25, 0.3) is 15.9 Å². The van der Waals surface area contributed by atoms with E-state index in [1.807, 2.05) is 47.9 Å². The number of carbonyl (C=O) groups is 1.